The molecule has 0 spiro atoms. The highest BCUT2D eigenvalue weighted by Crippen LogP contribution is 2.28. The fraction of sp³-hybridized carbons (Fsp3) is 0.417. The summed E-state index contributed by atoms with van der Waals surface area (Å²) >= 11 is 3.55. The van der Waals surface area contributed by atoms with E-state index in [1.807, 2.05) is 12.4 Å². The molecule has 0 unspecified atom stereocenters. The zero-order valence-corrected chi connectivity index (χ0v) is 10.7. The van der Waals surface area contributed by atoms with Gasteiger partial charge in [-0.15, -0.1) is 0 Å². The largest absolute Gasteiger partial charge is 0.366 e. The SMILES string of the molecule is CC1=C(C)CN(c2ccncc2Br)CC1. The normalized spacial score (nSPS) is 17.1. The molecule has 0 saturated carbocycles. The van der Waals surface area contributed by atoms with E-state index in [1.54, 1.807) is 0 Å². The second-order valence-corrected chi connectivity index (χ2v) is 4.91. The number of rotatable bonds is 1. The number of hydrogen-bond donors (Lipinski definition) is 0. The van der Waals surface area contributed by atoms with E-state index in [2.05, 4.69) is 45.7 Å². The van der Waals surface area contributed by atoms with Crippen LogP contribution in [0, 0.1) is 0 Å². The van der Waals surface area contributed by atoms with Crippen molar-refractivity contribution < 1.29 is 0 Å². The van der Waals surface area contributed by atoms with Crippen molar-refractivity contribution >= 4 is 21.6 Å². The predicted octanol–water partition coefficient (Wildman–Crippen LogP) is 3.39. The molecule has 0 bridgehead atoms. The molecule has 1 aromatic rings. The minimum Gasteiger partial charge on any atom is -0.366 e. The first-order chi connectivity index (χ1) is 7.18. The number of aromatic nitrogens is 1. The molecule has 1 aliphatic rings. The molecule has 0 N–H and O–H groups in total. The van der Waals surface area contributed by atoms with Crippen LogP contribution in [0.15, 0.2) is 34.1 Å². The lowest BCUT2D eigenvalue weighted by Gasteiger charge is -2.31. The van der Waals surface area contributed by atoms with Gasteiger partial charge in [0.05, 0.1) is 10.2 Å². The van der Waals surface area contributed by atoms with Crippen molar-refractivity contribution in [3.8, 4) is 0 Å². The van der Waals surface area contributed by atoms with E-state index in [-0.39, 0.29) is 0 Å². The van der Waals surface area contributed by atoms with Crippen LogP contribution in [0.25, 0.3) is 0 Å². The van der Waals surface area contributed by atoms with Crippen molar-refractivity contribution in [1.29, 1.82) is 0 Å². The first kappa shape index (κ1) is 10.7. The Morgan fingerprint density at radius 3 is 2.80 bits per heavy atom. The van der Waals surface area contributed by atoms with Gasteiger partial charge in [0.15, 0.2) is 0 Å². The molecule has 0 radical (unpaired) electrons. The van der Waals surface area contributed by atoms with E-state index >= 15 is 0 Å². The standard InChI is InChI=1S/C12H15BrN2/c1-9-4-6-15(8-10(9)2)12-3-5-14-7-11(12)13/h3,5,7H,4,6,8H2,1-2H3. The van der Waals surface area contributed by atoms with Gasteiger partial charge >= 0.3 is 0 Å². The van der Waals surface area contributed by atoms with Gasteiger partial charge < -0.3 is 4.90 Å². The molecular weight excluding hydrogens is 252 g/mol. The van der Waals surface area contributed by atoms with Gasteiger partial charge in [0.25, 0.3) is 0 Å². The fourth-order valence-corrected chi connectivity index (χ4v) is 2.35. The number of anilines is 1. The van der Waals surface area contributed by atoms with E-state index in [1.165, 1.54) is 23.3 Å². The average molecular weight is 267 g/mol. The molecule has 0 saturated heterocycles. The molecule has 0 fully saturated rings. The molecule has 2 rings (SSSR count). The molecule has 80 valence electrons. The maximum absolute atomic E-state index is 4.09. The first-order valence-electron chi connectivity index (χ1n) is 5.18. The van der Waals surface area contributed by atoms with Gasteiger partial charge in [-0.25, -0.2) is 0 Å². The Balaban J connectivity index is 2.24. The predicted molar refractivity (Wildman–Crippen MR) is 67.1 cm³/mol. The smallest absolute Gasteiger partial charge is 0.0592 e. The summed E-state index contributed by atoms with van der Waals surface area (Å²) in [4.78, 5) is 6.49. The van der Waals surface area contributed by atoms with Gasteiger partial charge in [0.1, 0.15) is 0 Å². The molecule has 2 heterocycles. The second kappa shape index (κ2) is 4.35. The van der Waals surface area contributed by atoms with Gasteiger partial charge in [-0.05, 0) is 42.3 Å². The Kier molecular flexibility index (Phi) is 3.10. The summed E-state index contributed by atoms with van der Waals surface area (Å²) in [6, 6.07) is 2.07. The van der Waals surface area contributed by atoms with Crippen molar-refractivity contribution in [2.24, 2.45) is 0 Å². The minimum absolute atomic E-state index is 1.04. The number of nitrogens with zero attached hydrogens (tertiary/aromatic N) is 2. The number of halogens is 1. The lowest BCUT2D eigenvalue weighted by molar-refractivity contribution is 0.755. The molecule has 0 aromatic carbocycles. The summed E-state index contributed by atoms with van der Waals surface area (Å²) in [5.41, 5.74) is 4.28. The van der Waals surface area contributed by atoms with Gasteiger partial charge in [0, 0.05) is 25.5 Å². The monoisotopic (exact) mass is 266 g/mol. The highest BCUT2D eigenvalue weighted by atomic mass is 79.9. The lowest BCUT2D eigenvalue weighted by atomic mass is 10.0. The zero-order valence-electron chi connectivity index (χ0n) is 9.13. The van der Waals surface area contributed by atoms with Crippen LogP contribution >= 0.6 is 15.9 Å². The third kappa shape index (κ3) is 2.23. The Morgan fingerprint density at radius 2 is 2.13 bits per heavy atom. The molecule has 1 aromatic heterocycles. The van der Waals surface area contributed by atoms with E-state index in [4.69, 9.17) is 0 Å². The summed E-state index contributed by atoms with van der Waals surface area (Å²) < 4.78 is 1.08. The van der Waals surface area contributed by atoms with Crippen LogP contribution in [-0.4, -0.2) is 18.1 Å². The van der Waals surface area contributed by atoms with Crippen molar-refractivity contribution in [1.82, 2.24) is 4.98 Å². The Morgan fingerprint density at radius 1 is 1.33 bits per heavy atom. The van der Waals surface area contributed by atoms with Gasteiger partial charge in [0.2, 0.25) is 0 Å². The van der Waals surface area contributed by atoms with Crippen LogP contribution in [0.3, 0.4) is 0 Å². The Labute approximate surface area is 99.1 Å². The quantitative estimate of drug-likeness (QED) is 0.725. The van der Waals surface area contributed by atoms with Gasteiger partial charge in [-0.2, -0.15) is 0 Å². The maximum atomic E-state index is 4.09. The van der Waals surface area contributed by atoms with E-state index in [0.717, 1.165) is 17.6 Å². The first-order valence-corrected chi connectivity index (χ1v) is 5.97. The summed E-state index contributed by atoms with van der Waals surface area (Å²) in [5.74, 6) is 0. The Bertz CT molecular complexity index is 398. The van der Waals surface area contributed by atoms with Crippen LogP contribution in [-0.2, 0) is 0 Å². The van der Waals surface area contributed by atoms with Crippen LogP contribution in [0.2, 0.25) is 0 Å². The number of pyridine rings is 1. The van der Waals surface area contributed by atoms with Crippen LogP contribution in [0.5, 0.6) is 0 Å². The summed E-state index contributed by atoms with van der Waals surface area (Å²) in [6.45, 7) is 6.59. The van der Waals surface area contributed by atoms with Crippen molar-refractivity contribution in [3.63, 3.8) is 0 Å². The molecule has 1 aliphatic heterocycles. The highest BCUT2D eigenvalue weighted by molar-refractivity contribution is 9.10. The Hall–Kier alpha value is -0.830. The van der Waals surface area contributed by atoms with Crippen LogP contribution in [0.4, 0.5) is 5.69 Å². The van der Waals surface area contributed by atoms with E-state index in [0.29, 0.717) is 0 Å². The zero-order chi connectivity index (χ0) is 10.8. The second-order valence-electron chi connectivity index (χ2n) is 4.06. The molecular formula is C12H15BrN2. The molecule has 3 heteroatoms. The van der Waals surface area contributed by atoms with E-state index in [9.17, 15) is 0 Å². The molecule has 2 nitrogen and oxygen atoms in total. The molecule has 0 aliphatic carbocycles. The van der Waals surface area contributed by atoms with Crippen LogP contribution < -0.4 is 4.90 Å². The number of hydrogen-bond acceptors (Lipinski definition) is 2. The average Bonchev–Trinajstić information content (AvgIpc) is 2.23. The summed E-state index contributed by atoms with van der Waals surface area (Å²) in [5, 5.41) is 0. The minimum atomic E-state index is 1.04. The molecule has 0 amide bonds. The maximum Gasteiger partial charge on any atom is 0.0592 e. The fourth-order valence-electron chi connectivity index (χ4n) is 1.85. The summed E-state index contributed by atoms with van der Waals surface area (Å²) in [6.07, 6.45) is 4.87. The third-order valence-electron chi connectivity index (χ3n) is 3.01. The van der Waals surface area contributed by atoms with Crippen molar-refractivity contribution in [2.45, 2.75) is 20.3 Å². The van der Waals surface area contributed by atoms with Crippen LogP contribution in [0.1, 0.15) is 20.3 Å². The van der Waals surface area contributed by atoms with Gasteiger partial charge in [-0.3, -0.25) is 4.98 Å². The summed E-state index contributed by atoms with van der Waals surface area (Å²) in [7, 11) is 0. The van der Waals surface area contributed by atoms with E-state index < -0.39 is 0 Å². The third-order valence-corrected chi connectivity index (χ3v) is 3.62. The van der Waals surface area contributed by atoms with Gasteiger partial charge in [-0.1, -0.05) is 11.1 Å². The molecule has 15 heavy (non-hydrogen) atoms. The highest BCUT2D eigenvalue weighted by Gasteiger charge is 2.15. The van der Waals surface area contributed by atoms with Crippen molar-refractivity contribution in [2.75, 3.05) is 18.0 Å². The lowest BCUT2D eigenvalue weighted by Crippen LogP contribution is -2.30. The topological polar surface area (TPSA) is 16.1 Å². The molecule has 0 atom stereocenters. The van der Waals surface area contributed by atoms with Crippen molar-refractivity contribution in [3.05, 3.63) is 34.1 Å².